The van der Waals surface area contributed by atoms with E-state index < -0.39 is 0 Å². The van der Waals surface area contributed by atoms with Crippen molar-refractivity contribution in [3.8, 4) is 0 Å². The van der Waals surface area contributed by atoms with Crippen LogP contribution in [0.15, 0.2) is 24.5 Å². The lowest BCUT2D eigenvalue weighted by atomic mass is 10.1. The van der Waals surface area contributed by atoms with E-state index in [0.717, 1.165) is 51.1 Å². The van der Waals surface area contributed by atoms with Gasteiger partial charge in [0.05, 0.1) is 6.10 Å². The molecule has 0 saturated carbocycles. The molecule has 1 N–H and O–H groups in total. The second kappa shape index (κ2) is 8.10. The topological polar surface area (TPSA) is 56.7 Å². The minimum absolute atomic E-state index is 0.225. The number of aromatic nitrogens is 1. The molecule has 116 valence electrons. The first-order chi connectivity index (χ1) is 10.2. The largest absolute Gasteiger partial charge is 0.392 e. The van der Waals surface area contributed by atoms with Gasteiger partial charge in [-0.15, -0.1) is 0 Å². The van der Waals surface area contributed by atoms with Gasteiger partial charge in [0.25, 0.3) is 0 Å². The fourth-order valence-electron chi connectivity index (χ4n) is 2.57. The molecule has 1 aromatic rings. The zero-order chi connectivity index (χ0) is 15.1. The maximum absolute atomic E-state index is 12.2. The molecule has 5 heteroatoms. The maximum atomic E-state index is 12.2. The van der Waals surface area contributed by atoms with Gasteiger partial charge in [0.15, 0.2) is 0 Å². The number of pyridine rings is 1. The van der Waals surface area contributed by atoms with Crippen LogP contribution in [0.5, 0.6) is 0 Å². The third-order valence-electron chi connectivity index (χ3n) is 4.04. The van der Waals surface area contributed by atoms with E-state index in [1.54, 1.807) is 12.4 Å². The van der Waals surface area contributed by atoms with Crippen molar-refractivity contribution in [3.63, 3.8) is 0 Å². The number of aliphatic hydroxyl groups excluding tert-OH is 1. The predicted octanol–water partition coefficient (Wildman–Crippen LogP) is 0.929. The molecule has 0 unspecified atom stereocenters. The van der Waals surface area contributed by atoms with Gasteiger partial charge in [0.2, 0.25) is 5.91 Å². The number of carbonyl (C=O) groups excluding carboxylic acids is 1. The van der Waals surface area contributed by atoms with Crippen molar-refractivity contribution in [2.45, 2.75) is 32.3 Å². The average molecular weight is 291 g/mol. The van der Waals surface area contributed by atoms with Gasteiger partial charge in [-0.2, -0.15) is 0 Å². The first kappa shape index (κ1) is 15.9. The van der Waals surface area contributed by atoms with E-state index in [0.29, 0.717) is 6.42 Å². The second-order valence-electron chi connectivity index (χ2n) is 5.60. The van der Waals surface area contributed by atoms with E-state index in [1.165, 1.54) is 0 Å². The first-order valence-electron chi connectivity index (χ1n) is 7.76. The molecule has 0 aromatic carbocycles. The quantitative estimate of drug-likeness (QED) is 0.847. The molecule has 1 atom stereocenters. The summed E-state index contributed by atoms with van der Waals surface area (Å²) >= 11 is 0. The Labute approximate surface area is 126 Å². The van der Waals surface area contributed by atoms with Crippen LogP contribution >= 0.6 is 0 Å². The van der Waals surface area contributed by atoms with Gasteiger partial charge in [-0.25, -0.2) is 0 Å². The highest BCUT2D eigenvalue weighted by molar-refractivity contribution is 5.76. The van der Waals surface area contributed by atoms with Crippen molar-refractivity contribution >= 4 is 5.91 Å². The number of hydrogen-bond acceptors (Lipinski definition) is 4. The minimum atomic E-state index is -0.251. The van der Waals surface area contributed by atoms with Crippen LogP contribution in [0.4, 0.5) is 0 Å². The molecule has 5 nitrogen and oxygen atoms in total. The zero-order valence-electron chi connectivity index (χ0n) is 12.7. The Bertz CT molecular complexity index is 430. The van der Waals surface area contributed by atoms with Crippen molar-refractivity contribution in [1.82, 2.24) is 14.8 Å². The number of nitrogens with zero attached hydrogens (tertiary/aromatic N) is 3. The highest BCUT2D eigenvalue weighted by Crippen LogP contribution is 2.08. The summed E-state index contributed by atoms with van der Waals surface area (Å²) in [5.41, 5.74) is 1.16. The third kappa shape index (κ3) is 5.10. The Kier molecular flexibility index (Phi) is 6.14. The molecule has 0 radical (unpaired) electrons. The van der Waals surface area contributed by atoms with Gasteiger partial charge in [-0.1, -0.05) is 6.92 Å². The van der Waals surface area contributed by atoms with Crippen molar-refractivity contribution in [2.75, 3.05) is 32.7 Å². The summed E-state index contributed by atoms with van der Waals surface area (Å²) in [4.78, 5) is 20.4. The van der Waals surface area contributed by atoms with Crippen molar-refractivity contribution in [1.29, 1.82) is 0 Å². The van der Waals surface area contributed by atoms with Crippen LogP contribution < -0.4 is 0 Å². The maximum Gasteiger partial charge on any atom is 0.222 e. The van der Waals surface area contributed by atoms with Crippen LogP contribution in [-0.4, -0.2) is 64.6 Å². The third-order valence-corrected chi connectivity index (χ3v) is 4.04. The summed E-state index contributed by atoms with van der Waals surface area (Å²) in [6.45, 7) is 5.96. The molecule has 0 spiro atoms. The van der Waals surface area contributed by atoms with Gasteiger partial charge < -0.3 is 10.0 Å². The minimum Gasteiger partial charge on any atom is -0.392 e. The summed E-state index contributed by atoms with van der Waals surface area (Å²) in [7, 11) is 0. The number of aliphatic hydroxyl groups is 1. The molecule has 0 aliphatic carbocycles. The molecular weight excluding hydrogens is 266 g/mol. The highest BCUT2D eigenvalue weighted by Gasteiger charge is 2.21. The van der Waals surface area contributed by atoms with Crippen molar-refractivity contribution < 1.29 is 9.90 Å². The van der Waals surface area contributed by atoms with E-state index >= 15 is 0 Å². The predicted molar refractivity (Wildman–Crippen MR) is 81.9 cm³/mol. The number of hydrogen-bond donors (Lipinski definition) is 1. The van der Waals surface area contributed by atoms with Gasteiger partial charge in [0, 0.05) is 51.5 Å². The van der Waals surface area contributed by atoms with Crippen LogP contribution in [-0.2, 0) is 11.2 Å². The van der Waals surface area contributed by atoms with Crippen LogP contribution in [0, 0.1) is 0 Å². The highest BCUT2D eigenvalue weighted by atomic mass is 16.3. The summed E-state index contributed by atoms with van der Waals surface area (Å²) in [6, 6.07) is 3.91. The number of rotatable bonds is 6. The molecule has 2 heterocycles. The Balaban J connectivity index is 1.70. The molecule has 21 heavy (non-hydrogen) atoms. The molecule has 0 bridgehead atoms. The number of carbonyl (C=O) groups is 1. The van der Waals surface area contributed by atoms with E-state index in [-0.39, 0.29) is 12.0 Å². The van der Waals surface area contributed by atoms with Crippen molar-refractivity contribution in [2.24, 2.45) is 0 Å². The SMILES string of the molecule is CC[C@@H](O)CN1CCN(C(=O)CCc2ccncc2)CC1. The molecule has 1 aliphatic heterocycles. The van der Waals surface area contributed by atoms with Gasteiger partial charge in [-0.3, -0.25) is 14.7 Å². The number of β-amino-alcohol motifs (C(OH)–C–C–N with tert-alkyl or cyclic N) is 1. The first-order valence-corrected chi connectivity index (χ1v) is 7.76. The Morgan fingerprint density at radius 1 is 1.29 bits per heavy atom. The standard InChI is InChI=1S/C16H25N3O2/c1-2-15(20)13-18-9-11-19(12-10-18)16(21)4-3-14-5-7-17-8-6-14/h5-8,15,20H,2-4,9-13H2,1H3/t15-/m1/s1. The van der Waals surface area contributed by atoms with Gasteiger partial charge in [0.1, 0.15) is 0 Å². The number of piperazine rings is 1. The summed E-state index contributed by atoms with van der Waals surface area (Å²) in [6.07, 6.45) is 5.39. The fraction of sp³-hybridized carbons (Fsp3) is 0.625. The summed E-state index contributed by atoms with van der Waals surface area (Å²) in [5.74, 6) is 0.225. The fourth-order valence-corrected chi connectivity index (χ4v) is 2.57. The van der Waals surface area contributed by atoms with Gasteiger partial charge in [-0.05, 0) is 30.5 Å². The Hall–Kier alpha value is -1.46. The average Bonchev–Trinajstić information content (AvgIpc) is 2.54. The Morgan fingerprint density at radius 2 is 1.95 bits per heavy atom. The normalized spacial score (nSPS) is 17.7. The molecule has 1 aromatic heterocycles. The molecule has 1 saturated heterocycles. The van der Waals surface area contributed by atoms with Crippen molar-refractivity contribution in [3.05, 3.63) is 30.1 Å². The number of amides is 1. The molecular formula is C16H25N3O2. The summed E-state index contributed by atoms with van der Waals surface area (Å²) < 4.78 is 0. The monoisotopic (exact) mass is 291 g/mol. The number of aryl methyl sites for hydroxylation is 1. The lowest BCUT2D eigenvalue weighted by Crippen LogP contribution is -2.50. The van der Waals surface area contributed by atoms with Crippen LogP contribution in [0.25, 0.3) is 0 Å². The van der Waals surface area contributed by atoms with Gasteiger partial charge >= 0.3 is 0 Å². The lowest BCUT2D eigenvalue weighted by molar-refractivity contribution is -0.133. The Morgan fingerprint density at radius 3 is 2.57 bits per heavy atom. The summed E-state index contributed by atoms with van der Waals surface area (Å²) in [5, 5.41) is 9.67. The molecule has 1 fully saturated rings. The molecule has 1 aliphatic rings. The zero-order valence-corrected chi connectivity index (χ0v) is 12.7. The van der Waals surface area contributed by atoms with E-state index in [2.05, 4.69) is 9.88 Å². The molecule has 2 rings (SSSR count). The van der Waals surface area contributed by atoms with E-state index in [4.69, 9.17) is 0 Å². The molecule has 1 amide bonds. The van der Waals surface area contributed by atoms with Crippen LogP contribution in [0.2, 0.25) is 0 Å². The second-order valence-corrected chi connectivity index (χ2v) is 5.60. The smallest absolute Gasteiger partial charge is 0.222 e. The van der Waals surface area contributed by atoms with E-state index in [9.17, 15) is 9.90 Å². The lowest BCUT2D eigenvalue weighted by Gasteiger charge is -2.35. The van der Waals surface area contributed by atoms with E-state index in [1.807, 2.05) is 24.0 Å². The van der Waals surface area contributed by atoms with Crippen LogP contribution in [0.3, 0.4) is 0 Å². The van der Waals surface area contributed by atoms with Crippen LogP contribution in [0.1, 0.15) is 25.3 Å².